The fraction of sp³-hybridized carbons (Fsp3) is 0.118. The predicted octanol–water partition coefficient (Wildman–Crippen LogP) is 3.84. The molecule has 0 atom stereocenters. The van der Waals surface area contributed by atoms with E-state index < -0.39 is 0 Å². The number of halogens is 1. The minimum atomic E-state index is -0.307. The Kier molecular flexibility index (Phi) is 4.15. The van der Waals surface area contributed by atoms with E-state index in [1.54, 1.807) is 7.11 Å². The van der Waals surface area contributed by atoms with E-state index in [1.807, 2.05) is 48.5 Å². The van der Waals surface area contributed by atoms with Gasteiger partial charge in [-0.1, -0.05) is 28.1 Å². The van der Waals surface area contributed by atoms with Crippen molar-refractivity contribution in [3.05, 3.63) is 64.3 Å². The highest BCUT2D eigenvalue weighted by Gasteiger charge is 2.26. The number of rotatable bonds is 4. The van der Waals surface area contributed by atoms with Crippen LogP contribution < -0.4 is 10.1 Å². The zero-order chi connectivity index (χ0) is 15.5. The van der Waals surface area contributed by atoms with E-state index in [0.717, 1.165) is 27.2 Å². The Labute approximate surface area is 136 Å². The largest absolute Gasteiger partial charge is 0.497 e. The van der Waals surface area contributed by atoms with Crippen molar-refractivity contribution in [2.24, 2.45) is 0 Å². The van der Waals surface area contributed by atoms with E-state index in [-0.39, 0.29) is 12.6 Å². The molecule has 4 nitrogen and oxygen atoms in total. The smallest absolute Gasteiger partial charge is 0.341 e. The quantitative estimate of drug-likeness (QED) is 0.842. The number of carbonyl (C=O) groups excluding carboxylic acids is 1. The van der Waals surface area contributed by atoms with Crippen LogP contribution in [0.3, 0.4) is 0 Å². The second kappa shape index (κ2) is 6.23. The van der Waals surface area contributed by atoms with Gasteiger partial charge in [0, 0.05) is 10.2 Å². The highest BCUT2D eigenvalue weighted by Crippen LogP contribution is 2.28. The number of nitrogens with one attached hydrogen (secondary N) is 1. The van der Waals surface area contributed by atoms with Crippen LogP contribution in [0.5, 0.6) is 5.75 Å². The second-order valence-electron chi connectivity index (χ2n) is 4.79. The van der Waals surface area contributed by atoms with Crippen molar-refractivity contribution in [1.29, 1.82) is 0 Å². The van der Waals surface area contributed by atoms with Crippen LogP contribution >= 0.6 is 15.9 Å². The molecule has 1 heterocycles. The number of carbonyl (C=O) groups is 1. The zero-order valence-corrected chi connectivity index (χ0v) is 13.5. The van der Waals surface area contributed by atoms with Crippen molar-refractivity contribution in [2.45, 2.75) is 0 Å². The first-order chi connectivity index (χ1) is 10.7. The molecule has 1 aliphatic rings. The van der Waals surface area contributed by atoms with Crippen LogP contribution in [0.4, 0.5) is 5.69 Å². The van der Waals surface area contributed by atoms with Crippen molar-refractivity contribution in [1.82, 2.24) is 0 Å². The molecule has 2 aromatic carbocycles. The molecule has 1 N–H and O–H groups in total. The summed E-state index contributed by atoms with van der Waals surface area (Å²) < 4.78 is 11.3. The number of cyclic esters (lactones) is 1. The first-order valence-electron chi connectivity index (χ1n) is 6.74. The maximum Gasteiger partial charge on any atom is 0.341 e. The summed E-state index contributed by atoms with van der Waals surface area (Å²) in [6, 6.07) is 15.1. The van der Waals surface area contributed by atoms with Gasteiger partial charge in [0.15, 0.2) is 0 Å². The lowest BCUT2D eigenvalue weighted by molar-refractivity contribution is -0.134. The van der Waals surface area contributed by atoms with Crippen LogP contribution in [-0.4, -0.2) is 19.7 Å². The highest BCUT2D eigenvalue weighted by molar-refractivity contribution is 9.10. The van der Waals surface area contributed by atoms with Gasteiger partial charge in [0.1, 0.15) is 12.4 Å². The molecule has 0 bridgehead atoms. The van der Waals surface area contributed by atoms with Gasteiger partial charge in [-0.3, -0.25) is 0 Å². The lowest BCUT2D eigenvalue weighted by atomic mass is 10.1. The van der Waals surface area contributed by atoms with E-state index in [1.165, 1.54) is 0 Å². The summed E-state index contributed by atoms with van der Waals surface area (Å²) >= 11 is 3.39. The van der Waals surface area contributed by atoms with Crippen LogP contribution in [-0.2, 0) is 9.53 Å². The molecule has 0 spiro atoms. The number of ether oxygens (including phenoxy) is 2. The summed E-state index contributed by atoms with van der Waals surface area (Å²) in [5.41, 5.74) is 3.05. The number of esters is 1. The molecule has 0 amide bonds. The lowest BCUT2D eigenvalue weighted by Crippen LogP contribution is -2.03. The van der Waals surface area contributed by atoms with Crippen molar-refractivity contribution in [3.63, 3.8) is 0 Å². The minimum absolute atomic E-state index is 0.246. The Bertz CT molecular complexity index is 721. The standard InChI is InChI=1S/C17H14BrNO3/c1-21-14-8-6-13(7-9-14)19-15-10-22-17(20)16(15)11-2-4-12(18)5-3-11/h2-9,19H,10H2,1H3. The summed E-state index contributed by atoms with van der Waals surface area (Å²) in [5.74, 6) is 0.477. The monoisotopic (exact) mass is 359 g/mol. The van der Waals surface area contributed by atoms with Crippen molar-refractivity contribution in [2.75, 3.05) is 19.0 Å². The third-order valence-electron chi connectivity index (χ3n) is 3.37. The SMILES string of the molecule is COc1ccc(NC2=C(c3ccc(Br)cc3)C(=O)OC2)cc1. The highest BCUT2D eigenvalue weighted by atomic mass is 79.9. The van der Waals surface area contributed by atoms with E-state index in [4.69, 9.17) is 9.47 Å². The molecule has 0 aromatic heterocycles. The third-order valence-corrected chi connectivity index (χ3v) is 3.90. The molecule has 0 radical (unpaired) electrons. The number of benzene rings is 2. The predicted molar refractivity (Wildman–Crippen MR) is 88.6 cm³/mol. The summed E-state index contributed by atoms with van der Waals surface area (Å²) in [6.45, 7) is 0.246. The van der Waals surface area contributed by atoms with Gasteiger partial charge in [-0.25, -0.2) is 4.79 Å². The molecule has 1 aliphatic heterocycles. The topological polar surface area (TPSA) is 47.6 Å². The van der Waals surface area contributed by atoms with Gasteiger partial charge in [0.25, 0.3) is 0 Å². The molecule has 0 saturated heterocycles. The van der Waals surface area contributed by atoms with E-state index in [0.29, 0.717) is 5.57 Å². The maximum absolute atomic E-state index is 12.0. The van der Waals surface area contributed by atoms with Gasteiger partial charge in [-0.15, -0.1) is 0 Å². The minimum Gasteiger partial charge on any atom is -0.497 e. The Hall–Kier alpha value is -2.27. The van der Waals surface area contributed by atoms with Crippen LogP contribution in [0.1, 0.15) is 5.56 Å². The molecular formula is C17H14BrNO3. The normalized spacial score (nSPS) is 14.0. The number of methoxy groups -OCH3 is 1. The molecule has 5 heteroatoms. The molecule has 0 saturated carbocycles. The van der Waals surface area contributed by atoms with Gasteiger partial charge >= 0.3 is 5.97 Å². The van der Waals surface area contributed by atoms with Crippen molar-refractivity contribution in [3.8, 4) is 5.75 Å². The third kappa shape index (κ3) is 2.99. The molecule has 0 fully saturated rings. The number of anilines is 1. The summed E-state index contributed by atoms with van der Waals surface area (Å²) in [5, 5.41) is 3.25. The second-order valence-corrected chi connectivity index (χ2v) is 5.71. The van der Waals surface area contributed by atoms with Crippen molar-refractivity contribution >= 4 is 33.2 Å². The van der Waals surface area contributed by atoms with Gasteiger partial charge in [-0.05, 0) is 42.0 Å². The van der Waals surface area contributed by atoms with Crippen LogP contribution in [0.2, 0.25) is 0 Å². The Morgan fingerprint density at radius 1 is 1.09 bits per heavy atom. The number of hydrogen-bond acceptors (Lipinski definition) is 4. The summed E-state index contributed by atoms with van der Waals surface area (Å²) in [4.78, 5) is 12.0. The maximum atomic E-state index is 12.0. The first-order valence-corrected chi connectivity index (χ1v) is 7.54. The summed E-state index contributed by atoms with van der Waals surface area (Å²) in [6.07, 6.45) is 0. The van der Waals surface area contributed by atoms with Crippen LogP contribution in [0, 0.1) is 0 Å². The molecule has 0 aliphatic carbocycles. The molecule has 22 heavy (non-hydrogen) atoms. The fourth-order valence-electron chi connectivity index (χ4n) is 2.26. The van der Waals surface area contributed by atoms with E-state index >= 15 is 0 Å². The van der Waals surface area contributed by atoms with Crippen molar-refractivity contribution < 1.29 is 14.3 Å². The molecule has 2 aromatic rings. The van der Waals surface area contributed by atoms with Gasteiger partial charge < -0.3 is 14.8 Å². The zero-order valence-electron chi connectivity index (χ0n) is 11.9. The van der Waals surface area contributed by atoms with Gasteiger partial charge in [0.2, 0.25) is 0 Å². The summed E-state index contributed by atoms with van der Waals surface area (Å²) in [7, 11) is 1.63. The Balaban J connectivity index is 1.91. The molecule has 112 valence electrons. The van der Waals surface area contributed by atoms with Crippen LogP contribution in [0.15, 0.2) is 58.7 Å². The Morgan fingerprint density at radius 2 is 1.77 bits per heavy atom. The lowest BCUT2D eigenvalue weighted by Gasteiger charge is -2.09. The van der Waals surface area contributed by atoms with E-state index in [2.05, 4.69) is 21.2 Å². The average molecular weight is 360 g/mol. The molecule has 3 rings (SSSR count). The van der Waals surface area contributed by atoms with Gasteiger partial charge in [0.05, 0.1) is 18.4 Å². The Morgan fingerprint density at radius 3 is 2.41 bits per heavy atom. The van der Waals surface area contributed by atoms with Gasteiger partial charge in [-0.2, -0.15) is 0 Å². The van der Waals surface area contributed by atoms with Crippen LogP contribution in [0.25, 0.3) is 5.57 Å². The molecular weight excluding hydrogens is 346 g/mol. The fourth-order valence-corrected chi connectivity index (χ4v) is 2.53. The number of hydrogen-bond donors (Lipinski definition) is 1. The average Bonchev–Trinajstić information content (AvgIpc) is 2.90. The molecule has 0 unspecified atom stereocenters. The van der Waals surface area contributed by atoms with E-state index in [9.17, 15) is 4.79 Å². The first kappa shape index (κ1) is 14.7.